The number of benzene rings is 1. The molecule has 5 nitrogen and oxygen atoms in total. The SMILES string of the molecule is CNS(=O)(=O)C1=CC=C(c2ccc(F)cc2)CC1=C1CCOC1=O. The number of sulfonamides is 1. The highest BCUT2D eigenvalue weighted by Crippen LogP contribution is 2.37. The Hall–Kier alpha value is -2.25. The van der Waals surface area contributed by atoms with Crippen LogP contribution in [0.15, 0.2) is 52.5 Å². The lowest BCUT2D eigenvalue weighted by atomic mass is 9.90. The van der Waals surface area contributed by atoms with Crippen LogP contribution in [0.25, 0.3) is 5.57 Å². The molecule has 0 atom stereocenters. The third kappa shape index (κ3) is 3.05. The maximum Gasteiger partial charge on any atom is 0.334 e. The van der Waals surface area contributed by atoms with Crippen molar-refractivity contribution in [3.63, 3.8) is 0 Å². The molecular formula is C17H16FNO4S. The summed E-state index contributed by atoms with van der Waals surface area (Å²) in [6.07, 6.45) is 3.80. The fourth-order valence-electron chi connectivity index (χ4n) is 2.80. The Balaban J connectivity index is 2.11. The first-order valence-corrected chi connectivity index (χ1v) is 8.90. The summed E-state index contributed by atoms with van der Waals surface area (Å²) in [6, 6.07) is 5.94. The van der Waals surface area contributed by atoms with E-state index in [4.69, 9.17) is 4.74 Å². The van der Waals surface area contributed by atoms with Crippen LogP contribution in [0.1, 0.15) is 18.4 Å². The van der Waals surface area contributed by atoms with Gasteiger partial charge >= 0.3 is 5.97 Å². The van der Waals surface area contributed by atoms with Gasteiger partial charge in [-0.1, -0.05) is 18.2 Å². The number of nitrogens with one attached hydrogen (secondary N) is 1. The second-order valence-corrected chi connectivity index (χ2v) is 7.31. The predicted octanol–water partition coefficient (Wildman–Crippen LogP) is 2.29. The van der Waals surface area contributed by atoms with E-state index < -0.39 is 16.0 Å². The molecule has 7 heteroatoms. The number of hydrogen-bond acceptors (Lipinski definition) is 4. The molecule has 0 spiro atoms. The normalized spacial score (nSPS) is 21.3. The van der Waals surface area contributed by atoms with Gasteiger partial charge in [0.1, 0.15) is 5.82 Å². The first-order chi connectivity index (χ1) is 11.4. The number of halogens is 1. The van der Waals surface area contributed by atoms with Crippen LogP contribution in [-0.2, 0) is 19.6 Å². The minimum absolute atomic E-state index is 0.0738. The summed E-state index contributed by atoms with van der Waals surface area (Å²) in [5.41, 5.74) is 2.41. The molecule has 0 saturated carbocycles. The number of rotatable bonds is 3. The topological polar surface area (TPSA) is 72.5 Å². The lowest BCUT2D eigenvalue weighted by Gasteiger charge is -2.20. The number of allylic oxidation sites excluding steroid dienone is 4. The van der Waals surface area contributed by atoms with Crippen LogP contribution in [0.3, 0.4) is 0 Å². The van der Waals surface area contributed by atoms with Gasteiger partial charge in [0, 0.05) is 12.0 Å². The molecule has 1 N–H and O–H groups in total. The van der Waals surface area contributed by atoms with Crippen molar-refractivity contribution in [2.75, 3.05) is 13.7 Å². The number of hydrogen-bond donors (Lipinski definition) is 1. The number of ether oxygens (including phenoxy) is 1. The Morgan fingerprint density at radius 3 is 2.42 bits per heavy atom. The van der Waals surface area contributed by atoms with Crippen LogP contribution in [0.4, 0.5) is 4.39 Å². The Morgan fingerprint density at radius 2 is 1.83 bits per heavy atom. The van der Waals surface area contributed by atoms with Gasteiger partial charge in [-0.15, -0.1) is 0 Å². The molecule has 1 saturated heterocycles. The summed E-state index contributed by atoms with van der Waals surface area (Å²) in [4.78, 5) is 12.0. The summed E-state index contributed by atoms with van der Waals surface area (Å²) < 4.78 is 44.9. The van der Waals surface area contributed by atoms with Crippen molar-refractivity contribution >= 4 is 21.6 Å². The van der Waals surface area contributed by atoms with Gasteiger partial charge in [-0.3, -0.25) is 0 Å². The monoisotopic (exact) mass is 349 g/mol. The van der Waals surface area contributed by atoms with Crippen LogP contribution < -0.4 is 4.72 Å². The molecule has 1 aromatic rings. The van der Waals surface area contributed by atoms with Crippen LogP contribution in [0, 0.1) is 5.82 Å². The Morgan fingerprint density at radius 1 is 1.12 bits per heavy atom. The highest BCUT2D eigenvalue weighted by Gasteiger charge is 2.31. The fraction of sp³-hybridized carbons (Fsp3) is 0.235. The van der Waals surface area contributed by atoms with Gasteiger partial charge < -0.3 is 4.74 Å². The molecule has 1 fully saturated rings. The quantitative estimate of drug-likeness (QED) is 0.671. The van der Waals surface area contributed by atoms with Gasteiger partial charge in [-0.2, -0.15) is 0 Å². The molecular weight excluding hydrogens is 333 g/mol. The molecule has 0 radical (unpaired) electrons. The van der Waals surface area contributed by atoms with Gasteiger partial charge in [-0.05, 0) is 48.4 Å². The molecule has 1 aliphatic heterocycles. The number of esters is 1. The van der Waals surface area contributed by atoms with E-state index in [-0.39, 0.29) is 23.8 Å². The molecule has 2 aliphatic rings. The lowest BCUT2D eigenvalue weighted by molar-refractivity contribution is -0.135. The zero-order chi connectivity index (χ0) is 17.3. The van der Waals surface area contributed by atoms with Crippen molar-refractivity contribution < 1.29 is 22.3 Å². The Bertz CT molecular complexity index is 880. The zero-order valence-electron chi connectivity index (χ0n) is 13.0. The van der Waals surface area contributed by atoms with Crippen molar-refractivity contribution in [3.05, 3.63) is 63.8 Å². The predicted molar refractivity (Wildman–Crippen MR) is 87.7 cm³/mol. The highest BCUT2D eigenvalue weighted by atomic mass is 32.2. The van der Waals surface area contributed by atoms with E-state index in [1.165, 1.54) is 25.3 Å². The first kappa shape index (κ1) is 16.6. The van der Waals surface area contributed by atoms with Crippen LogP contribution in [0.2, 0.25) is 0 Å². The molecule has 0 unspecified atom stereocenters. The van der Waals surface area contributed by atoms with E-state index >= 15 is 0 Å². The Labute approximate surface area is 139 Å². The molecule has 1 aliphatic carbocycles. The number of cyclic esters (lactones) is 1. The lowest BCUT2D eigenvalue weighted by Crippen LogP contribution is -2.23. The van der Waals surface area contributed by atoms with E-state index in [2.05, 4.69) is 4.72 Å². The minimum Gasteiger partial charge on any atom is -0.462 e. The van der Waals surface area contributed by atoms with E-state index in [0.29, 0.717) is 17.6 Å². The second kappa shape index (κ2) is 6.33. The van der Waals surface area contributed by atoms with Crippen LogP contribution >= 0.6 is 0 Å². The molecule has 3 rings (SSSR count). The molecule has 0 bridgehead atoms. The van der Waals surface area contributed by atoms with Crippen LogP contribution in [-0.4, -0.2) is 28.0 Å². The number of carbonyl (C=O) groups is 1. The molecule has 1 heterocycles. The average Bonchev–Trinajstić information content (AvgIpc) is 3.01. The van der Waals surface area contributed by atoms with E-state index in [9.17, 15) is 17.6 Å². The van der Waals surface area contributed by atoms with Crippen LogP contribution in [0.5, 0.6) is 0 Å². The van der Waals surface area contributed by atoms with Crippen molar-refractivity contribution in [1.82, 2.24) is 4.72 Å². The van der Waals surface area contributed by atoms with E-state index in [1.54, 1.807) is 18.2 Å². The Kier molecular flexibility index (Phi) is 4.38. The summed E-state index contributed by atoms with van der Waals surface area (Å²) in [5, 5.41) is 0. The molecule has 24 heavy (non-hydrogen) atoms. The van der Waals surface area contributed by atoms with Gasteiger partial charge in [0.15, 0.2) is 0 Å². The van der Waals surface area contributed by atoms with Crippen molar-refractivity contribution in [2.45, 2.75) is 12.8 Å². The maximum atomic E-state index is 13.1. The second-order valence-electron chi connectivity index (χ2n) is 5.46. The van der Waals surface area contributed by atoms with Gasteiger partial charge in [0.25, 0.3) is 0 Å². The maximum absolute atomic E-state index is 13.1. The molecule has 126 valence electrons. The van der Waals surface area contributed by atoms with Gasteiger partial charge in [-0.25, -0.2) is 22.3 Å². The molecule has 0 amide bonds. The van der Waals surface area contributed by atoms with E-state index in [1.807, 2.05) is 0 Å². The molecule has 0 aromatic heterocycles. The van der Waals surface area contributed by atoms with E-state index in [0.717, 1.165) is 11.1 Å². The first-order valence-electron chi connectivity index (χ1n) is 7.42. The van der Waals surface area contributed by atoms with Gasteiger partial charge in [0.2, 0.25) is 10.0 Å². The molecule has 1 aromatic carbocycles. The van der Waals surface area contributed by atoms with Gasteiger partial charge in [0.05, 0.1) is 11.5 Å². The van der Waals surface area contributed by atoms with Crippen molar-refractivity contribution in [3.8, 4) is 0 Å². The zero-order valence-corrected chi connectivity index (χ0v) is 13.8. The fourth-order valence-corrected chi connectivity index (χ4v) is 3.79. The standard InChI is InChI=1S/C17H16FNO4S/c1-19-24(21,22)16-7-4-12(11-2-5-13(18)6-3-11)10-15(16)14-8-9-23-17(14)20/h2-7,19H,8-10H2,1H3. The van der Waals surface area contributed by atoms with Crippen molar-refractivity contribution in [1.29, 1.82) is 0 Å². The van der Waals surface area contributed by atoms with Crippen molar-refractivity contribution in [2.24, 2.45) is 0 Å². The number of carbonyl (C=O) groups excluding carboxylic acids is 1. The third-order valence-corrected chi connectivity index (χ3v) is 5.57. The largest absolute Gasteiger partial charge is 0.462 e. The summed E-state index contributed by atoms with van der Waals surface area (Å²) in [7, 11) is -2.38. The average molecular weight is 349 g/mol. The smallest absolute Gasteiger partial charge is 0.334 e. The summed E-state index contributed by atoms with van der Waals surface area (Å²) >= 11 is 0. The third-order valence-electron chi connectivity index (χ3n) is 4.07. The summed E-state index contributed by atoms with van der Waals surface area (Å²) in [6.45, 7) is 0.250. The summed E-state index contributed by atoms with van der Waals surface area (Å²) in [5.74, 6) is -0.829. The highest BCUT2D eigenvalue weighted by molar-refractivity contribution is 7.93. The minimum atomic E-state index is -3.70.